The summed E-state index contributed by atoms with van der Waals surface area (Å²) in [6.45, 7) is 4.81. The van der Waals surface area contributed by atoms with Crippen LogP contribution >= 0.6 is 0 Å². The summed E-state index contributed by atoms with van der Waals surface area (Å²) in [6, 6.07) is 4.02. The van der Waals surface area contributed by atoms with Crippen LogP contribution < -0.4 is 0 Å². The molecule has 3 unspecified atom stereocenters. The highest BCUT2D eigenvalue weighted by atomic mass is 16.5. The minimum absolute atomic E-state index is 0.167. The molecule has 1 aliphatic rings. The topological polar surface area (TPSA) is 42.4 Å². The van der Waals surface area contributed by atoms with E-state index in [9.17, 15) is 5.11 Å². The average molecular weight is 221 g/mol. The molecule has 1 aliphatic heterocycles. The zero-order valence-corrected chi connectivity index (χ0v) is 9.89. The first kappa shape index (κ1) is 11.6. The molecule has 0 radical (unpaired) electrons. The predicted molar refractivity (Wildman–Crippen MR) is 62.2 cm³/mol. The molecule has 0 amide bonds. The molecule has 2 heterocycles. The summed E-state index contributed by atoms with van der Waals surface area (Å²) in [5, 5.41) is 10.1. The van der Waals surface area contributed by atoms with Gasteiger partial charge in [-0.05, 0) is 31.9 Å². The van der Waals surface area contributed by atoms with Crippen LogP contribution in [0, 0.1) is 12.8 Å². The molecule has 0 aliphatic carbocycles. The standard InChI is InChI=1S/C13H19NO2/c1-9-3-4-11(14-8-9)7-13(15)12-5-6-16-10(12)2/h3-4,8,10,12-13,15H,5-7H2,1-2H3. The molecular formula is C13H19NO2. The molecule has 1 fully saturated rings. The van der Waals surface area contributed by atoms with E-state index >= 15 is 0 Å². The number of aromatic nitrogens is 1. The number of aliphatic hydroxyl groups excluding tert-OH is 1. The number of nitrogens with zero attached hydrogens (tertiary/aromatic N) is 1. The second-order valence-corrected chi connectivity index (χ2v) is 4.63. The fourth-order valence-electron chi connectivity index (χ4n) is 2.24. The lowest BCUT2D eigenvalue weighted by atomic mass is 9.92. The van der Waals surface area contributed by atoms with Crippen molar-refractivity contribution in [2.75, 3.05) is 6.61 Å². The molecule has 88 valence electrons. The van der Waals surface area contributed by atoms with Crippen LogP contribution in [0.1, 0.15) is 24.6 Å². The summed E-state index contributed by atoms with van der Waals surface area (Å²) in [4.78, 5) is 4.31. The summed E-state index contributed by atoms with van der Waals surface area (Å²) < 4.78 is 5.46. The molecule has 0 spiro atoms. The van der Waals surface area contributed by atoms with Crippen molar-refractivity contribution in [3.05, 3.63) is 29.6 Å². The SMILES string of the molecule is Cc1ccc(CC(O)C2CCOC2C)nc1. The van der Waals surface area contributed by atoms with Crippen LogP contribution in [0.25, 0.3) is 0 Å². The van der Waals surface area contributed by atoms with Gasteiger partial charge < -0.3 is 9.84 Å². The van der Waals surface area contributed by atoms with Crippen LogP contribution in [-0.2, 0) is 11.2 Å². The lowest BCUT2D eigenvalue weighted by Gasteiger charge is -2.20. The average Bonchev–Trinajstić information content (AvgIpc) is 2.68. The molecule has 0 bridgehead atoms. The summed E-state index contributed by atoms with van der Waals surface area (Å²) in [6.07, 6.45) is 3.25. The van der Waals surface area contributed by atoms with Crippen LogP contribution in [-0.4, -0.2) is 28.9 Å². The quantitative estimate of drug-likeness (QED) is 0.845. The molecule has 1 aromatic rings. The molecule has 3 nitrogen and oxygen atoms in total. The Balaban J connectivity index is 1.96. The van der Waals surface area contributed by atoms with Gasteiger partial charge in [-0.25, -0.2) is 0 Å². The monoisotopic (exact) mass is 221 g/mol. The van der Waals surface area contributed by atoms with Gasteiger partial charge in [0, 0.05) is 30.8 Å². The van der Waals surface area contributed by atoms with Crippen molar-refractivity contribution in [2.45, 2.75) is 38.9 Å². The molecule has 0 saturated carbocycles. The van der Waals surface area contributed by atoms with Crippen LogP contribution in [0.4, 0.5) is 0 Å². The van der Waals surface area contributed by atoms with E-state index in [-0.39, 0.29) is 18.1 Å². The first-order valence-electron chi connectivity index (χ1n) is 5.88. The van der Waals surface area contributed by atoms with Crippen LogP contribution in [0.3, 0.4) is 0 Å². The number of rotatable bonds is 3. The predicted octanol–water partition coefficient (Wildman–Crippen LogP) is 1.72. The fraction of sp³-hybridized carbons (Fsp3) is 0.615. The summed E-state index contributed by atoms with van der Waals surface area (Å²) in [7, 11) is 0. The Hall–Kier alpha value is -0.930. The minimum atomic E-state index is -0.340. The maximum absolute atomic E-state index is 10.1. The van der Waals surface area contributed by atoms with Gasteiger partial charge in [0.25, 0.3) is 0 Å². The Bertz CT molecular complexity index is 336. The van der Waals surface area contributed by atoms with Crippen molar-refractivity contribution < 1.29 is 9.84 Å². The van der Waals surface area contributed by atoms with Gasteiger partial charge in [0.2, 0.25) is 0 Å². The fourth-order valence-corrected chi connectivity index (χ4v) is 2.24. The summed E-state index contributed by atoms with van der Waals surface area (Å²) in [5.74, 6) is 0.253. The number of aliphatic hydroxyl groups is 1. The van der Waals surface area contributed by atoms with Gasteiger partial charge in [0.15, 0.2) is 0 Å². The van der Waals surface area contributed by atoms with E-state index in [2.05, 4.69) is 4.98 Å². The van der Waals surface area contributed by atoms with Crippen molar-refractivity contribution in [1.29, 1.82) is 0 Å². The smallest absolute Gasteiger partial charge is 0.0649 e. The minimum Gasteiger partial charge on any atom is -0.392 e. The van der Waals surface area contributed by atoms with E-state index in [0.29, 0.717) is 6.42 Å². The first-order chi connectivity index (χ1) is 7.66. The second kappa shape index (κ2) is 4.93. The summed E-state index contributed by atoms with van der Waals surface area (Å²) in [5.41, 5.74) is 2.10. The first-order valence-corrected chi connectivity index (χ1v) is 5.88. The van der Waals surface area contributed by atoms with Crippen LogP contribution in [0.5, 0.6) is 0 Å². The van der Waals surface area contributed by atoms with Gasteiger partial charge in [-0.2, -0.15) is 0 Å². The van der Waals surface area contributed by atoms with Crippen molar-refractivity contribution in [3.63, 3.8) is 0 Å². The number of hydrogen-bond acceptors (Lipinski definition) is 3. The molecule has 1 N–H and O–H groups in total. The summed E-state index contributed by atoms with van der Waals surface area (Å²) >= 11 is 0. The highest BCUT2D eigenvalue weighted by Crippen LogP contribution is 2.25. The van der Waals surface area contributed by atoms with Gasteiger partial charge in [-0.15, -0.1) is 0 Å². The highest BCUT2D eigenvalue weighted by molar-refractivity contribution is 5.13. The Labute approximate surface area is 96.5 Å². The van der Waals surface area contributed by atoms with Gasteiger partial charge in [-0.1, -0.05) is 6.07 Å². The Morgan fingerprint density at radius 3 is 2.94 bits per heavy atom. The maximum atomic E-state index is 10.1. The Morgan fingerprint density at radius 2 is 2.38 bits per heavy atom. The second-order valence-electron chi connectivity index (χ2n) is 4.63. The van der Waals surface area contributed by atoms with Crippen molar-refractivity contribution >= 4 is 0 Å². The van der Waals surface area contributed by atoms with Crippen molar-refractivity contribution in [2.24, 2.45) is 5.92 Å². The number of hydrogen-bond donors (Lipinski definition) is 1. The van der Waals surface area contributed by atoms with E-state index in [4.69, 9.17) is 4.74 Å². The number of aryl methyl sites for hydroxylation is 1. The lowest BCUT2D eigenvalue weighted by Crippen LogP contribution is -2.28. The van der Waals surface area contributed by atoms with E-state index in [1.165, 1.54) is 0 Å². The van der Waals surface area contributed by atoms with Crippen molar-refractivity contribution in [1.82, 2.24) is 4.98 Å². The number of pyridine rings is 1. The maximum Gasteiger partial charge on any atom is 0.0649 e. The zero-order valence-electron chi connectivity index (χ0n) is 9.89. The zero-order chi connectivity index (χ0) is 11.5. The molecule has 16 heavy (non-hydrogen) atoms. The molecule has 1 saturated heterocycles. The van der Waals surface area contributed by atoms with E-state index in [1.54, 1.807) is 0 Å². The van der Waals surface area contributed by atoms with E-state index in [0.717, 1.165) is 24.3 Å². The third-order valence-electron chi connectivity index (χ3n) is 3.32. The molecule has 1 aromatic heterocycles. The lowest BCUT2D eigenvalue weighted by molar-refractivity contribution is 0.0436. The molecule has 2 rings (SSSR count). The number of ether oxygens (including phenoxy) is 1. The highest BCUT2D eigenvalue weighted by Gasteiger charge is 2.30. The van der Waals surface area contributed by atoms with Gasteiger partial charge >= 0.3 is 0 Å². The van der Waals surface area contributed by atoms with E-state index in [1.807, 2.05) is 32.2 Å². The van der Waals surface area contributed by atoms with Gasteiger partial charge in [-0.3, -0.25) is 4.98 Å². The van der Waals surface area contributed by atoms with Crippen molar-refractivity contribution in [3.8, 4) is 0 Å². The van der Waals surface area contributed by atoms with Gasteiger partial charge in [0.1, 0.15) is 0 Å². The largest absolute Gasteiger partial charge is 0.392 e. The molecular weight excluding hydrogens is 202 g/mol. The Kier molecular flexibility index (Phi) is 3.56. The van der Waals surface area contributed by atoms with Gasteiger partial charge in [0.05, 0.1) is 12.2 Å². The molecule has 3 heteroatoms. The van der Waals surface area contributed by atoms with Crippen LogP contribution in [0.15, 0.2) is 18.3 Å². The molecule has 0 aromatic carbocycles. The van der Waals surface area contributed by atoms with E-state index < -0.39 is 0 Å². The third kappa shape index (κ3) is 2.60. The Morgan fingerprint density at radius 1 is 1.56 bits per heavy atom. The third-order valence-corrected chi connectivity index (χ3v) is 3.32. The normalized spacial score (nSPS) is 26.9. The molecule has 3 atom stereocenters. The van der Waals surface area contributed by atoms with Crippen LogP contribution in [0.2, 0.25) is 0 Å².